The van der Waals surface area contributed by atoms with Gasteiger partial charge in [-0.05, 0) is 42.9 Å². The van der Waals surface area contributed by atoms with Gasteiger partial charge in [0.2, 0.25) is 0 Å². The van der Waals surface area contributed by atoms with Crippen molar-refractivity contribution in [3.05, 3.63) is 35.4 Å². The molecule has 1 saturated heterocycles. The number of rotatable bonds is 1. The summed E-state index contributed by atoms with van der Waals surface area (Å²) < 4.78 is 0. The van der Waals surface area contributed by atoms with Crippen LogP contribution in [0.4, 0.5) is 0 Å². The summed E-state index contributed by atoms with van der Waals surface area (Å²) in [5.41, 5.74) is 1.49. The minimum atomic E-state index is -0.159. The van der Waals surface area contributed by atoms with Crippen LogP contribution in [-0.2, 0) is 0 Å². The molecule has 104 valence electrons. The summed E-state index contributed by atoms with van der Waals surface area (Å²) in [7, 11) is 0. The Morgan fingerprint density at radius 1 is 1.30 bits per heavy atom. The fraction of sp³-hybridized carbons (Fsp3) is 0.471. The number of benzene rings is 1. The third kappa shape index (κ3) is 2.57. The predicted octanol–water partition coefficient (Wildman–Crippen LogP) is 1.90. The Hall–Kier alpha value is -1.79. The van der Waals surface area contributed by atoms with Crippen molar-refractivity contribution in [3.8, 4) is 11.8 Å². The molecule has 1 aromatic carbocycles. The molecule has 3 heteroatoms. The van der Waals surface area contributed by atoms with Crippen LogP contribution in [0.25, 0.3) is 0 Å². The van der Waals surface area contributed by atoms with Crippen LogP contribution in [0.3, 0.4) is 0 Å². The summed E-state index contributed by atoms with van der Waals surface area (Å²) in [5.74, 6) is 7.02. The van der Waals surface area contributed by atoms with Gasteiger partial charge in [-0.2, -0.15) is 0 Å². The Balaban J connectivity index is 1.74. The first-order chi connectivity index (χ1) is 9.78. The van der Waals surface area contributed by atoms with Crippen molar-refractivity contribution < 1.29 is 9.90 Å². The molecule has 1 heterocycles. The molecule has 1 aliphatic heterocycles. The molecule has 1 aliphatic carbocycles. The fourth-order valence-corrected chi connectivity index (χ4v) is 3.46. The van der Waals surface area contributed by atoms with Gasteiger partial charge in [-0.1, -0.05) is 24.3 Å². The molecule has 20 heavy (non-hydrogen) atoms. The van der Waals surface area contributed by atoms with Gasteiger partial charge in [0.15, 0.2) is 0 Å². The van der Waals surface area contributed by atoms with Crippen LogP contribution < -0.4 is 0 Å². The monoisotopic (exact) mass is 269 g/mol. The normalized spacial score (nSPS) is 24.1. The highest BCUT2D eigenvalue weighted by Crippen LogP contribution is 2.38. The molecule has 2 aliphatic rings. The van der Waals surface area contributed by atoms with Crippen molar-refractivity contribution in [2.24, 2.45) is 11.8 Å². The maximum atomic E-state index is 12.5. The summed E-state index contributed by atoms with van der Waals surface area (Å²) in [6, 6.07) is 7.38. The highest BCUT2D eigenvalue weighted by Gasteiger charge is 2.38. The van der Waals surface area contributed by atoms with Crippen molar-refractivity contribution >= 4 is 5.91 Å². The van der Waals surface area contributed by atoms with Crippen LogP contribution in [0, 0.1) is 23.7 Å². The first kappa shape index (κ1) is 13.2. The molecule has 0 bridgehead atoms. The van der Waals surface area contributed by atoms with E-state index in [4.69, 9.17) is 5.11 Å². The number of amides is 1. The summed E-state index contributed by atoms with van der Waals surface area (Å²) in [6.07, 6.45) is 3.87. The summed E-state index contributed by atoms with van der Waals surface area (Å²) >= 11 is 0. The van der Waals surface area contributed by atoms with Crippen LogP contribution >= 0.6 is 0 Å². The summed E-state index contributed by atoms with van der Waals surface area (Å²) in [4.78, 5) is 14.5. The molecule has 0 aromatic heterocycles. The van der Waals surface area contributed by atoms with E-state index in [1.165, 1.54) is 19.3 Å². The van der Waals surface area contributed by atoms with E-state index in [0.29, 0.717) is 5.56 Å². The number of aliphatic hydroxyl groups excluding tert-OH is 1. The van der Waals surface area contributed by atoms with E-state index in [0.717, 1.165) is 30.5 Å². The first-order valence-electron chi connectivity index (χ1n) is 7.27. The number of carbonyl (C=O) groups excluding carboxylic acids is 1. The maximum Gasteiger partial charge on any atom is 0.253 e. The molecule has 2 atom stereocenters. The predicted molar refractivity (Wildman–Crippen MR) is 77.1 cm³/mol. The van der Waals surface area contributed by atoms with Gasteiger partial charge in [-0.25, -0.2) is 0 Å². The topological polar surface area (TPSA) is 40.5 Å². The number of fused-ring (bicyclic) bond motifs is 1. The second-order valence-corrected chi connectivity index (χ2v) is 5.70. The van der Waals surface area contributed by atoms with Crippen LogP contribution in [0.5, 0.6) is 0 Å². The van der Waals surface area contributed by atoms with E-state index in [-0.39, 0.29) is 12.5 Å². The zero-order valence-electron chi connectivity index (χ0n) is 11.5. The molecule has 1 saturated carbocycles. The molecule has 3 nitrogen and oxygen atoms in total. The fourth-order valence-electron chi connectivity index (χ4n) is 3.46. The molecular weight excluding hydrogens is 250 g/mol. The van der Waals surface area contributed by atoms with Crippen molar-refractivity contribution in [2.45, 2.75) is 19.3 Å². The lowest BCUT2D eigenvalue weighted by molar-refractivity contribution is 0.0780. The van der Waals surface area contributed by atoms with Gasteiger partial charge < -0.3 is 10.0 Å². The average Bonchev–Trinajstić information content (AvgIpc) is 3.06. The third-order valence-corrected chi connectivity index (χ3v) is 4.43. The molecule has 3 rings (SSSR count). The Bertz CT molecular complexity index is 558. The highest BCUT2D eigenvalue weighted by molar-refractivity contribution is 5.94. The van der Waals surface area contributed by atoms with E-state index in [2.05, 4.69) is 11.8 Å². The molecule has 2 unspecified atom stereocenters. The Labute approximate surface area is 119 Å². The van der Waals surface area contributed by atoms with Crippen molar-refractivity contribution in [1.29, 1.82) is 0 Å². The van der Waals surface area contributed by atoms with Crippen molar-refractivity contribution in [2.75, 3.05) is 19.7 Å². The lowest BCUT2D eigenvalue weighted by atomic mass is 10.0. The Morgan fingerprint density at radius 3 is 2.75 bits per heavy atom. The zero-order chi connectivity index (χ0) is 13.9. The summed E-state index contributed by atoms with van der Waals surface area (Å²) in [5, 5.41) is 8.72. The summed E-state index contributed by atoms with van der Waals surface area (Å²) in [6.45, 7) is 1.67. The van der Waals surface area contributed by atoms with Crippen LogP contribution in [0.2, 0.25) is 0 Å². The lowest BCUT2D eigenvalue weighted by Gasteiger charge is -2.17. The van der Waals surface area contributed by atoms with E-state index < -0.39 is 0 Å². The molecular formula is C17H19NO2. The van der Waals surface area contributed by atoms with E-state index >= 15 is 0 Å². The van der Waals surface area contributed by atoms with Crippen LogP contribution in [0.15, 0.2) is 24.3 Å². The minimum Gasteiger partial charge on any atom is -0.384 e. The van der Waals surface area contributed by atoms with Gasteiger partial charge in [0.05, 0.1) is 0 Å². The first-order valence-corrected chi connectivity index (χ1v) is 7.27. The molecule has 0 radical (unpaired) electrons. The van der Waals surface area contributed by atoms with Gasteiger partial charge >= 0.3 is 0 Å². The Morgan fingerprint density at radius 2 is 2.05 bits per heavy atom. The SMILES string of the molecule is O=C(c1cccc(C#CCO)c1)N1CC2CCCC2C1. The second-order valence-electron chi connectivity index (χ2n) is 5.70. The number of hydrogen-bond acceptors (Lipinski definition) is 2. The van der Waals surface area contributed by atoms with Crippen LogP contribution in [-0.4, -0.2) is 35.6 Å². The van der Waals surface area contributed by atoms with E-state index in [1.807, 2.05) is 29.2 Å². The van der Waals surface area contributed by atoms with Crippen molar-refractivity contribution in [1.82, 2.24) is 4.90 Å². The minimum absolute atomic E-state index is 0.118. The molecule has 0 spiro atoms. The number of hydrogen-bond donors (Lipinski definition) is 1. The smallest absolute Gasteiger partial charge is 0.253 e. The van der Waals surface area contributed by atoms with E-state index in [1.54, 1.807) is 0 Å². The third-order valence-electron chi connectivity index (χ3n) is 4.43. The number of nitrogens with zero attached hydrogens (tertiary/aromatic N) is 1. The van der Waals surface area contributed by atoms with Gasteiger partial charge in [0.1, 0.15) is 6.61 Å². The number of likely N-dealkylation sites (tertiary alicyclic amines) is 1. The maximum absolute atomic E-state index is 12.5. The lowest BCUT2D eigenvalue weighted by Crippen LogP contribution is -2.29. The second kappa shape index (κ2) is 5.68. The van der Waals surface area contributed by atoms with Crippen LogP contribution in [0.1, 0.15) is 35.2 Å². The molecule has 1 aromatic rings. The van der Waals surface area contributed by atoms with Gasteiger partial charge in [0, 0.05) is 24.2 Å². The van der Waals surface area contributed by atoms with Gasteiger partial charge in [-0.3, -0.25) is 4.79 Å². The van der Waals surface area contributed by atoms with Gasteiger partial charge in [-0.15, -0.1) is 0 Å². The van der Waals surface area contributed by atoms with Gasteiger partial charge in [0.25, 0.3) is 5.91 Å². The quantitative estimate of drug-likeness (QED) is 0.791. The molecule has 1 N–H and O–H groups in total. The van der Waals surface area contributed by atoms with E-state index in [9.17, 15) is 4.79 Å². The molecule has 2 fully saturated rings. The zero-order valence-corrected chi connectivity index (χ0v) is 11.5. The Kier molecular flexibility index (Phi) is 3.75. The number of aliphatic hydroxyl groups is 1. The average molecular weight is 269 g/mol. The largest absolute Gasteiger partial charge is 0.384 e. The van der Waals surface area contributed by atoms with Crippen molar-refractivity contribution in [3.63, 3.8) is 0 Å². The standard InChI is InChI=1S/C17H19NO2/c19-9-3-5-13-4-1-6-14(10-13)17(20)18-11-15-7-2-8-16(15)12-18/h1,4,6,10,15-16,19H,2,7-9,11-12H2. The molecule has 1 amide bonds. The highest BCUT2D eigenvalue weighted by atomic mass is 16.2. The number of carbonyl (C=O) groups is 1.